The first-order valence-electron chi connectivity index (χ1n) is 6.41. The van der Waals surface area contributed by atoms with Crippen LogP contribution in [0.5, 0.6) is 0 Å². The predicted molar refractivity (Wildman–Crippen MR) is 86.8 cm³/mol. The highest BCUT2D eigenvalue weighted by molar-refractivity contribution is 7.99. The van der Waals surface area contributed by atoms with E-state index in [2.05, 4.69) is 9.97 Å². The molecule has 0 saturated carbocycles. The second-order valence-corrected chi connectivity index (χ2v) is 6.17. The summed E-state index contributed by atoms with van der Waals surface area (Å²) in [6.07, 6.45) is 1.73. The first-order chi connectivity index (χ1) is 10.3. The number of hydrogen-bond acceptors (Lipinski definition) is 5. The minimum Gasteiger partial charge on any atom is -0.293 e. The van der Waals surface area contributed by atoms with Crippen molar-refractivity contribution in [3.05, 3.63) is 65.7 Å². The topological polar surface area (TPSA) is 42.9 Å². The standard InChI is InChI=1S/C16H12N2OS2/c19-14(12-5-2-1-3-6-12)11-21-16-17-9-8-13(18-16)15-7-4-10-20-15/h1-10H,11H2. The molecule has 0 bridgehead atoms. The maximum Gasteiger partial charge on any atom is 0.188 e. The molecule has 0 aliphatic rings. The fourth-order valence-corrected chi connectivity index (χ4v) is 3.23. The number of aromatic nitrogens is 2. The van der Waals surface area contributed by atoms with Gasteiger partial charge in [-0.25, -0.2) is 9.97 Å². The van der Waals surface area contributed by atoms with E-state index in [4.69, 9.17) is 0 Å². The highest BCUT2D eigenvalue weighted by atomic mass is 32.2. The van der Waals surface area contributed by atoms with Crippen LogP contribution in [0.3, 0.4) is 0 Å². The number of Topliss-reactive ketones (excluding diaryl/α,β-unsaturated/α-hetero) is 1. The van der Waals surface area contributed by atoms with Crippen LogP contribution in [0.1, 0.15) is 10.4 Å². The van der Waals surface area contributed by atoms with E-state index in [9.17, 15) is 4.79 Å². The van der Waals surface area contributed by atoms with E-state index in [-0.39, 0.29) is 5.78 Å². The van der Waals surface area contributed by atoms with Crippen LogP contribution in [0.25, 0.3) is 10.6 Å². The Balaban J connectivity index is 1.69. The summed E-state index contributed by atoms with van der Waals surface area (Å²) in [5, 5.41) is 2.65. The largest absolute Gasteiger partial charge is 0.293 e. The molecule has 0 fully saturated rings. The third-order valence-corrected chi connectivity index (χ3v) is 4.59. The first-order valence-corrected chi connectivity index (χ1v) is 8.27. The van der Waals surface area contributed by atoms with Gasteiger partial charge in [-0.05, 0) is 17.5 Å². The zero-order chi connectivity index (χ0) is 14.5. The average Bonchev–Trinajstić information content (AvgIpc) is 3.08. The van der Waals surface area contributed by atoms with Gasteiger partial charge < -0.3 is 0 Å². The van der Waals surface area contributed by atoms with Crippen molar-refractivity contribution in [3.63, 3.8) is 0 Å². The van der Waals surface area contributed by atoms with E-state index in [0.29, 0.717) is 10.9 Å². The number of rotatable bonds is 5. The van der Waals surface area contributed by atoms with Crippen LogP contribution in [0, 0.1) is 0 Å². The lowest BCUT2D eigenvalue weighted by Gasteiger charge is -2.02. The van der Waals surface area contributed by atoms with Crippen molar-refractivity contribution >= 4 is 28.9 Å². The van der Waals surface area contributed by atoms with Crippen molar-refractivity contribution in [2.45, 2.75) is 5.16 Å². The van der Waals surface area contributed by atoms with E-state index in [1.54, 1.807) is 17.5 Å². The second-order valence-electron chi connectivity index (χ2n) is 4.28. The summed E-state index contributed by atoms with van der Waals surface area (Å²) in [4.78, 5) is 21.9. The van der Waals surface area contributed by atoms with Gasteiger partial charge in [-0.15, -0.1) is 11.3 Å². The van der Waals surface area contributed by atoms with E-state index < -0.39 is 0 Å². The molecule has 0 atom stereocenters. The van der Waals surface area contributed by atoms with Crippen LogP contribution in [0.4, 0.5) is 0 Å². The molecular weight excluding hydrogens is 300 g/mol. The molecule has 0 unspecified atom stereocenters. The van der Waals surface area contributed by atoms with Gasteiger partial charge in [-0.2, -0.15) is 0 Å². The van der Waals surface area contributed by atoms with Crippen molar-refractivity contribution in [2.75, 3.05) is 5.75 Å². The van der Waals surface area contributed by atoms with Crippen LogP contribution in [0.15, 0.2) is 65.3 Å². The molecule has 3 nitrogen and oxygen atoms in total. The van der Waals surface area contributed by atoms with Crippen molar-refractivity contribution in [3.8, 4) is 10.6 Å². The molecule has 2 heterocycles. The number of hydrogen-bond donors (Lipinski definition) is 0. The van der Waals surface area contributed by atoms with E-state index in [0.717, 1.165) is 16.1 Å². The normalized spacial score (nSPS) is 10.5. The summed E-state index contributed by atoms with van der Waals surface area (Å²) in [5.41, 5.74) is 1.62. The van der Waals surface area contributed by atoms with Crippen molar-refractivity contribution < 1.29 is 4.79 Å². The number of carbonyl (C=O) groups is 1. The minimum atomic E-state index is 0.0886. The smallest absolute Gasteiger partial charge is 0.188 e. The molecule has 0 amide bonds. The Labute approximate surface area is 131 Å². The molecule has 3 rings (SSSR count). The Hall–Kier alpha value is -1.98. The average molecular weight is 312 g/mol. The van der Waals surface area contributed by atoms with Crippen LogP contribution < -0.4 is 0 Å². The lowest BCUT2D eigenvalue weighted by molar-refractivity contribution is 0.102. The van der Waals surface area contributed by atoms with Gasteiger partial charge in [0.05, 0.1) is 16.3 Å². The van der Waals surface area contributed by atoms with Crippen molar-refractivity contribution in [1.29, 1.82) is 0 Å². The Bertz CT molecular complexity index is 727. The molecule has 21 heavy (non-hydrogen) atoms. The molecule has 0 spiro atoms. The minimum absolute atomic E-state index is 0.0886. The first kappa shape index (κ1) is 14.0. The molecule has 104 valence electrons. The van der Waals surface area contributed by atoms with Gasteiger partial charge in [0.25, 0.3) is 0 Å². The number of ketones is 1. The van der Waals surface area contributed by atoms with Crippen molar-refractivity contribution in [2.24, 2.45) is 0 Å². The van der Waals surface area contributed by atoms with Gasteiger partial charge in [-0.1, -0.05) is 48.2 Å². The fourth-order valence-electron chi connectivity index (χ4n) is 1.81. The molecule has 0 aliphatic heterocycles. The summed E-state index contributed by atoms with van der Waals surface area (Å²) in [5.74, 6) is 0.434. The second kappa shape index (κ2) is 6.65. The lowest BCUT2D eigenvalue weighted by Crippen LogP contribution is -2.02. The number of nitrogens with zero attached hydrogens (tertiary/aromatic N) is 2. The van der Waals surface area contributed by atoms with E-state index >= 15 is 0 Å². The molecule has 0 N–H and O–H groups in total. The van der Waals surface area contributed by atoms with Crippen molar-refractivity contribution in [1.82, 2.24) is 9.97 Å². The lowest BCUT2D eigenvalue weighted by atomic mass is 10.2. The van der Waals surface area contributed by atoms with Gasteiger partial charge in [0.1, 0.15) is 0 Å². The number of benzene rings is 1. The Morgan fingerprint density at radius 1 is 1.10 bits per heavy atom. The summed E-state index contributed by atoms with van der Waals surface area (Å²) >= 11 is 3.01. The highest BCUT2D eigenvalue weighted by Gasteiger charge is 2.08. The number of thioether (sulfide) groups is 1. The fraction of sp³-hybridized carbons (Fsp3) is 0.0625. The third kappa shape index (κ3) is 3.56. The van der Waals surface area contributed by atoms with E-state index in [1.807, 2.05) is 53.9 Å². The Morgan fingerprint density at radius 3 is 2.71 bits per heavy atom. The van der Waals surface area contributed by atoms with Gasteiger partial charge in [0, 0.05) is 11.8 Å². The summed E-state index contributed by atoms with van der Waals surface area (Å²) < 4.78 is 0. The summed E-state index contributed by atoms with van der Waals surface area (Å²) in [6, 6.07) is 15.2. The van der Waals surface area contributed by atoms with Gasteiger partial charge in [0.15, 0.2) is 10.9 Å². The molecular formula is C16H12N2OS2. The van der Waals surface area contributed by atoms with Crippen LogP contribution in [-0.4, -0.2) is 21.5 Å². The SMILES string of the molecule is O=C(CSc1nccc(-c2cccs2)n1)c1ccccc1. The van der Waals surface area contributed by atoms with E-state index in [1.165, 1.54) is 11.8 Å². The number of carbonyl (C=O) groups excluding carboxylic acids is 1. The van der Waals surface area contributed by atoms with Gasteiger partial charge in [0.2, 0.25) is 0 Å². The molecule has 3 aromatic rings. The highest BCUT2D eigenvalue weighted by Crippen LogP contribution is 2.24. The van der Waals surface area contributed by atoms with Crippen LogP contribution >= 0.6 is 23.1 Å². The number of thiophene rings is 1. The van der Waals surface area contributed by atoms with Crippen LogP contribution in [-0.2, 0) is 0 Å². The monoisotopic (exact) mass is 312 g/mol. The maximum absolute atomic E-state index is 12.1. The molecule has 1 aromatic carbocycles. The maximum atomic E-state index is 12.1. The molecule has 0 saturated heterocycles. The molecule has 5 heteroatoms. The third-order valence-electron chi connectivity index (χ3n) is 2.84. The summed E-state index contributed by atoms with van der Waals surface area (Å²) in [7, 11) is 0. The van der Waals surface area contributed by atoms with Gasteiger partial charge in [-0.3, -0.25) is 4.79 Å². The Morgan fingerprint density at radius 2 is 1.95 bits per heavy atom. The zero-order valence-electron chi connectivity index (χ0n) is 11.1. The Kier molecular flexibility index (Phi) is 4.43. The molecule has 2 aromatic heterocycles. The quantitative estimate of drug-likeness (QED) is 0.403. The molecule has 0 radical (unpaired) electrons. The zero-order valence-corrected chi connectivity index (χ0v) is 12.7. The summed E-state index contributed by atoms with van der Waals surface area (Å²) in [6.45, 7) is 0. The van der Waals surface area contributed by atoms with Gasteiger partial charge >= 0.3 is 0 Å². The predicted octanol–water partition coefficient (Wildman–Crippen LogP) is 4.18. The molecule has 0 aliphatic carbocycles. The van der Waals surface area contributed by atoms with Crippen LogP contribution in [0.2, 0.25) is 0 Å².